The molecule has 3 rings (SSSR count). The second-order valence-corrected chi connectivity index (χ2v) is 8.02. The number of aromatic nitrogens is 3. The second-order valence-electron chi connectivity index (χ2n) is 8.02. The van der Waals surface area contributed by atoms with Crippen LogP contribution in [0.2, 0.25) is 0 Å². The van der Waals surface area contributed by atoms with Crippen molar-refractivity contribution in [3.63, 3.8) is 0 Å². The number of nitrogens with zero attached hydrogens (tertiary/aromatic N) is 2. The summed E-state index contributed by atoms with van der Waals surface area (Å²) in [5, 5.41) is 0. The van der Waals surface area contributed by atoms with Gasteiger partial charge in [-0.1, -0.05) is 30.3 Å². The summed E-state index contributed by atoms with van der Waals surface area (Å²) in [6.07, 6.45) is 0. The molecule has 11 heteroatoms. The maximum Gasteiger partial charge on any atom is 0.339 e. The molecule has 0 bridgehead atoms. The number of hydrogen-bond acceptors (Lipinski definition) is 8. The molecule has 0 unspecified atom stereocenters. The first-order chi connectivity index (χ1) is 16.7. The van der Waals surface area contributed by atoms with Crippen molar-refractivity contribution in [1.29, 1.82) is 0 Å². The molecule has 0 saturated carbocycles. The van der Waals surface area contributed by atoms with Gasteiger partial charge in [-0.2, -0.15) is 0 Å². The highest BCUT2D eigenvalue weighted by molar-refractivity contribution is 6.03. The van der Waals surface area contributed by atoms with Gasteiger partial charge < -0.3 is 25.1 Å². The van der Waals surface area contributed by atoms with Crippen LogP contribution in [-0.4, -0.2) is 53.7 Å². The minimum absolute atomic E-state index is 0.00738. The number of Topliss-reactive ketones (excluding diaryl/α,β-unsaturated/α-hetero) is 1. The topological polar surface area (TPSA) is 153 Å². The van der Waals surface area contributed by atoms with Crippen LogP contribution in [0.1, 0.15) is 37.7 Å². The van der Waals surface area contributed by atoms with E-state index in [1.54, 1.807) is 13.8 Å². The summed E-state index contributed by atoms with van der Waals surface area (Å²) in [4.78, 5) is 57.5. The summed E-state index contributed by atoms with van der Waals surface area (Å²) in [7, 11) is 2.75. The Morgan fingerprint density at radius 1 is 1.09 bits per heavy atom. The quantitative estimate of drug-likeness (QED) is 0.289. The zero-order valence-corrected chi connectivity index (χ0v) is 20.1. The van der Waals surface area contributed by atoms with Gasteiger partial charge in [-0.3, -0.25) is 19.1 Å². The lowest BCUT2D eigenvalue weighted by molar-refractivity contribution is 0.0599. The van der Waals surface area contributed by atoms with Crippen LogP contribution < -0.4 is 21.9 Å². The van der Waals surface area contributed by atoms with E-state index in [2.05, 4.69) is 9.97 Å². The van der Waals surface area contributed by atoms with E-state index in [-0.39, 0.29) is 54.8 Å². The number of nitrogens with one attached hydrogen (secondary N) is 2. The summed E-state index contributed by atoms with van der Waals surface area (Å²) in [6.45, 7) is 3.57. The average molecular weight is 484 g/mol. The molecule has 3 aromatic rings. The molecule has 0 atom stereocenters. The number of methoxy groups -OCH3 is 2. The molecule has 0 aliphatic rings. The van der Waals surface area contributed by atoms with Gasteiger partial charge in [0.1, 0.15) is 11.5 Å². The van der Waals surface area contributed by atoms with Gasteiger partial charge in [-0.15, -0.1) is 0 Å². The summed E-state index contributed by atoms with van der Waals surface area (Å²) >= 11 is 0. The lowest BCUT2D eigenvalue weighted by Gasteiger charge is -2.25. The van der Waals surface area contributed by atoms with E-state index in [1.165, 1.54) is 23.7 Å². The van der Waals surface area contributed by atoms with Gasteiger partial charge >= 0.3 is 11.7 Å². The van der Waals surface area contributed by atoms with E-state index in [0.29, 0.717) is 11.3 Å². The predicted octanol–water partition coefficient (Wildman–Crippen LogP) is 1.39. The van der Waals surface area contributed by atoms with Gasteiger partial charge in [0.2, 0.25) is 0 Å². The zero-order valence-electron chi connectivity index (χ0n) is 20.1. The number of hydrogen-bond donors (Lipinski definition) is 3. The first-order valence-corrected chi connectivity index (χ1v) is 10.9. The molecule has 4 N–H and O–H groups in total. The number of rotatable bonds is 10. The van der Waals surface area contributed by atoms with Crippen molar-refractivity contribution in [2.45, 2.75) is 26.9 Å². The van der Waals surface area contributed by atoms with Gasteiger partial charge in [-0.05, 0) is 25.0 Å². The summed E-state index contributed by atoms with van der Waals surface area (Å²) in [5.41, 5.74) is 7.18. The van der Waals surface area contributed by atoms with E-state index in [4.69, 9.17) is 15.2 Å². The molecule has 35 heavy (non-hydrogen) atoms. The van der Waals surface area contributed by atoms with Crippen LogP contribution in [0.5, 0.6) is 0 Å². The third-order valence-electron chi connectivity index (χ3n) is 5.71. The van der Waals surface area contributed by atoms with Crippen molar-refractivity contribution in [3.05, 3.63) is 79.2 Å². The van der Waals surface area contributed by atoms with Gasteiger partial charge in [-0.25, -0.2) is 9.59 Å². The van der Waals surface area contributed by atoms with E-state index in [1.807, 2.05) is 30.3 Å². The van der Waals surface area contributed by atoms with Crippen LogP contribution >= 0.6 is 0 Å². The molecule has 0 radical (unpaired) electrons. The monoisotopic (exact) mass is 483 g/mol. The van der Waals surface area contributed by atoms with Crippen LogP contribution in [-0.2, 0) is 22.6 Å². The fraction of sp³-hybridized carbons (Fsp3) is 0.333. The first-order valence-electron chi connectivity index (χ1n) is 10.9. The largest absolute Gasteiger partial charge is 0.465 e. The first kappa shape index (κ1) is 25.5. The van der Waals surface area contributed by atoms with E-state index in [9.17, 15) is 19.2 Å². The molecular weight excluding hydrogens is 454 g/mol. The maximum atomic E-state index is 13.4. The van der Waals surface area contributed by atoms with Crippen LogP contribution in [0, 0.1) is 13.8 Å². The second kappa shape index (κ2) is 10.9. The Morgan fingerprint density at radius 2 is 1.77 bits per heavy atom. The number of H-pyrrole nitrogens is 2. The van der Waals surface area contributed by atoms with E-state index >= 15 is 0 Å². The number of carbonyl (C=O) groups excluding carboxylic acids is 2. The Balaban J connectivity index is 2.08. The van der Waals surface area contributed by atoms with Crippen molar-refractivity contribution in [2.75, 3.05) is 38.0 Å². The van der Waals surface area contributed by atoms with Crippen LogP contribution in [0.4, 0.5) is 11.5 Å². The van der Waals surface area contributed by atoms with Crippen LogP contribution in [0.3, 0.4) is 0 Å². The number of carbonyl (C=O) groups is 2. The molecule has 0 fully saturated rings. The van der Waals surface area contributed by atoms with Crippen LogP contribution in [0.15, 0.2) is 39.9 Å². The van der Waals surface area contributed by atoms with E-state index in [0.717, 1.165) is 5.56 Å². The molecule has 0 aliphatic heterocycles. The van der Waals surface area contributed by atoms with E-state index < -0.39 is 17.2 Å². The smallest absolute Gasteiger partial charge is 0.339 e. The number of anilines is 2. The summed E-state index contributed by atoms with van der Waals surface area (Å²) in [6, 6.07) is 9.22. The fourth-order valence-electron chi connectivity index (χ4n) is 3.99. The third-order valence-corrected chi connectivity index (χ3v) is 5.71. The van der Waals surface area contributed by atoms with Crippen molar-refractivity contribution in [3.8, 4) is 0 Å². The van der Waals surface area contributed by atoms with Gasteiger partial charge in [0, 0.05) is 19.3 Å². The normalized spacial score (nSPS) is 10.9. The van der Waals surface area contributed by atoms with Crippen molar-refractivity contribution < 1.29 is 19.1 Å². The minimum atomic E-state index is -0.709. The molecule has 1 aromatic carbocycles. The number of ether oxygens (including phenoxy) is 2. The van der Waals surface area contributed by atoms with Crippen molar-refractivity contribution in [1.82, 2.24) is 14.5 Å². The highest BCUT2D eigenvalue weighted by atomic mass is 16.5. The van der Waals surface area contributed by atoms with Gasteiger partial charge in [0.25, 0.3) is 5.56 Å². The lowest BCUT2D eigenvalue weighted by atomic mass is 10.1. The molecule has 0 aliphatic carbocycles. The maximum absolute atomic E-state index is 13.4. The Kier molecular flexibility index (Phi) is 7.92. The number of ketones is 1. The number of benzene rings is 1. The number of aryl methyl sites for hydroxylation is 1. The molecule has 11 nitrogen and oxygen atoms in total. The Hall–Kier alpha value is -4.12. The van der Waals surface area contributed by atoms with Crippen LogP contribution in [0.25, 0.3) is 0 Å². The Labute approximate surface area is 201 Å². The van der Waals surface area contributed by atoms with Gasteiger partial charge in [0.15, 0.2) is 5.78 Å². The summed E-state index contributed by atoms with van der Waals surface area (Å²) in [5.74, 6) is -0.998. The highest BCUT2D eigenvalue weighted by Gasteiger charge is 2.26. The minimum Gasteiger partial charge on any atom is -0.465 e. The standard InChI is InChI=1S/C24H29N5O6/c1-14-18(23(32)35-4)15(2)26-19(14)17(30)13-28(12-16-8-6-5-7-9-16)20-21(25)29(10-11-34-3)24(33)27-22(20)31/h5-9,26H,10-13,25H2,1-4H3,(H,27,31,33). The number of aromatic amines is 2. The molecule has 2 aromatic heterocycles. The Morgan fingerprint density at radius 3 is 2.40 bits per heavy atom. The molecule has 186 valence electrons. The molecule has 2 heterocycles. The Bertz CT molecular complexity index is 1340. The number of nitrogen functional groups attached to an aromatic ring is 1. The molecular formula is C24H29N5O6. The van der Waals surface area contributed by atoms with Crippen molar-refractivity contribution in [2.24, 2.45) is 0 Å². The number of esters is 1. The highest BCUT2D eigenvalue weighted by Crippen LogP contribution is 2.23. The number of nitrogens with two attached hydrogens (primary N) is 1. The molecule has 0 spiro atoms. The SMILES string of the molecule is COCCn1c(N)c(N(CC(=O)c2[nH]c(C)c(C(=O)OC)c2C)Cc2ccccc2)c(=O)[nH]c1=O. The summed E-state index contributed by atoms with van der Waals surface area (Å²) < 4.78 is 11.1. The molecule has 0 saturated heterocycles. The van der Waals surface area contributed by atoms with Crippen molar-refractivity contribution >= 4 is 23.3 Å². The average Bonchev–Trinajstić information content (AvgIpc) is 3.12. The fourth-order valence-corrected chi connectivity index (χ4v) is 3.99. The third kappa shape index (κ3) is 5.35. The predicted molar refractivity (Wildman–Crippen MR) is 131 cm³/mol. The molecule has 0 amide bonds. The zero-order chi connectivity index (χ0) is 25.7. The lowest BCUT2D eigenvalue weighted by Crippen LogP contribution is -2.40. The van der Waals surface area contributed by atoms with Gasteiger partial charge in [0.05, 0.1) is 38.1 Å².